The highest BCUT2D eigenvalue weighted by Gasteiger charge is 2.42. The second-order valence-corrected chi connectivity index (χ2v) is 6.49. The zero-order valence-corrected chi connectivity index (χ0v) is 14.2. The molecule has 1 aromatic rings. The van der Waals surface area contributed by atoms with Crippen molar-refractivity contribution in [3.8, 4) is 6.07 Å². The lowest BCUT2D eigenvalue weighted by molar-refractivity contribution is -0.137. The summed E-state index contributed by atoms with van der Waals surface area (Å²) >= 11 is 0.829. The summed E-state index contributed by atoms with van der Waals surface area (Å²) in [5.41, 5.74) is -0.681. The van der Waals surface area contributed by atoms with Crippen molar-refractivity contribution >= 4 is 28.7 Å². The highest BCUT2D eigenvalue weighted by molar-refractivity contribution is 8.13. The van der Waals surface area contributed by atoms with E-state index < -0.39 is 35.0 Å². The second-order valence-electron chi connectivity index (χ2n) is 5.28. The van der Waals surface area contributed by atoms with E-state index in [1.165, 1.54) is 19.1 Å². The molecule has 1 aliphatic rings. The molecule has 0 fully saturated rings. The van der Waals surface area contributed by atoms with Crippen molar-refractivity contribution in [2.45, 2.75) is 26.1 Å². The molecule has 1 aromatic carbocycles. The van der Waals surface area contributed by atoms with E-state index in [-0.39, 0.29) is 11.3 Å². The fourth-order valence-electron chi connectivity index (χ4n) is 2.56. The van der Waals surface area contributed by atoms with Crippen molar-refractivity contribution < 1.29 is 22.8 Å². The number of urea groups is 1. The Bertz CT molecular complexity index is 771. The van der Waals surface area contributed by atoms with Crippen molar-refractivity contribution in [1.29, 1.82) is 5.26 Å². The van der Waals surface area contributed by atoms with Gasteiger partial charge in [0.25, 0.3) is 5.24 Å². The minimum Gasteiger partial charge on any atom is -0.261 e. The van der Waals surface area contributed by atoms with Crippen LogP contribution in [-0.4, -0.2) is 27.6 Å². The molecule has 0 aromatic heterocycles. The standard InChI is InChI=1S/C16H14F3N3O2S/c1-3-25-15(24)22-13(12(8-20)9(2)21-14(22)23)10-5-4-6-11(7-10)16(17,18)19/h4-7,12-13H,3H2,1-2H3. The number of benzene rings is 1. The summed E-state index contributed by atoms with van der Waals surface area (Å²) in [5, 5.41) is 8.78. The van der Waals surface area contributed by atoms with Crippen LogP contribution in [0.1, 0.15) is 31.0 Å². The zero-order chi connectivity index (χ0) is 18.8. The van der Waals surface area contributed by atoms with E-state index in [0.29, 0.717) is 5.75 Å². The SMILES string of the molecule is CCSC(=O)N1C(=O)N=C(C)C(C#N)C1c1cccc(C(F)(F)F)c1. The maximum Gasteiger partial charge on any atom is 0.416 e. The minimum atomic E-state index is -4.58. The van der Waals surface area contributed by atoms with E-state index in [1.54, 1.807) is 6.92 Å². The average molecular weight is 369 g/mol. The number of alkyl halides is 3. The predicted molar refractivity (Wildman–Crippen MR) is 87.2 cm³/mol. The Hall–Kier alpha value is -2.34. The van der Waals surface area contributed by atoms with Gasteiger partial charge in [-0.05, 0) is 30.4 Å². The number of nitriles is 1. The van der Waals surface area contributed by atoms with Gasteiger partial charge in [-0.1, -0.05) is 30.8 Å². The van der Waals surface area contributed by atoms with Gasteiger partial charge in [-0.2, -0.15) is 18.4 Å². The van der Waals surface area contributed by atoms with Gasteiger partial charge in [-0.25, -0.2) is 14.7 Å². The fourth-order valence-corrected chi connectivity index (χ4v) is 3.14. The van der Waals surface area contributed by atoms with Gasteiger partial charge in [-0.3, -0.25) is 4.79 Å². The molecule has 0 saturated heterocycles. The van der Waals surface area contributed by atoms with E-state index >= 15 is 0 Å². The molecule has 3 amide bonds. The van der Waals surface area contributed by atoms with E-state index in [1.807, 2.05) is 6.07 Å². The van der Waals surface area contributed by atoms with Crippen LogP contribution in [0.5, 0.6) is 0 Å². The smallest absolute Gasteiger partial charge is 0.261 e. The Labute approximate surface area is 146 Å². The van der Waals surface area contributed by atoms with Crippen LogP contribution < -0.4 is 0 Å². The highest BCUT2D eigenvalue weighted by atomic mass is 32.2. The molecular weight excluding hydrogens is 355 g/mol. The Morgan fingerprint density at radius 1 is 1.44 bits per heavy atom. The van der Waals surface area contributed by atoms with E-state index in [2.05, 4.69) is 4.99 Å². The van der Waals surface area contributed by atoms with Crippen LogP contribution in [-0.2, 0) is 6.18 Å². The molecule has 0 spiro atoms. The number of imide groups is 1. The molecule has 5 nitrogen and oxygen atoms in total. The first-order valence-electron chi connectivity index (χ1n) is 7.32. The van der Waals surface area contributed by atoms with Gasteiger partial charge in [0.05, 0.1) is 17.7 Å². The maximum atomic E-state index is 13.0. The van der Waals surface area contributed by atoms with Crippen molar-refractivity contribution in [1.82, 2.24) is 4.90 Å². The first-order valence-corrected chi connectivity index (χ1v) is 8.31. The van der Waals surface area contributed by atoms with Gasteiger partial charge >= 0.3 is 12.2 Å². The molecule has 2 unspecified atom stereocenters. The Balaban J connectivity index is 2.59. The molecule has 2 rings (SSSR count). The van der Waals surface area contributed by atoms with Crippen molar-refractivity contribution in [2.24, 2.45) is 10.9 Å². The van der Waals surface area contributed by atoms with Crippen molar-refractivity contribution in [3.63, 3.8) is 0 Å². The van der Waals surface area contributed by atoms with Gasteiger partial charge in [0.1, 0.15) is 5.92 Å². The third kappa shape index (κ3) is 3.85. The minimum absolute atomic E-state index is 0.0639. The van der Waals surface area contributed by atoms with Crippen molar-refractivity contribution in [2.75, 3.05) is 5.75 Å². The van der Waals surface area contributed by atoms with Crippen LogP contribution in [0.4, 0.5) is 22.8 Å². The number of amides is 3. The largest absolute Gasteiger partial charge is 0.416 e. The lowest BCUT2D eigenvalue weighted by Crippen LogP contribution is -2.45. The van der Waals surface area contributed by atoms with Crippen LogP contribution in [0.2, 0.25) is 0 Å². The molecule has 0 radical (unpaired) electrons. The quantitative estimate of drug-likeness (QED) is 0.760. The summed E-state index contributed by atoms with van der Waals surface area (Å²) in [6, 6.07) is 4.22. The molecule has 0 saturated carbocycles. The summed E-state index contributed by atoms with van der Waals surface area (Å²) in [6.45, 7) is 3.15. The molecular formula is C16H14F3N3O2S. The third-order valence-electron chi connectivity index (χ3n) is 3.68. The number of halogens is 3. The average Bonchev–Trinajstić information content (AvgIpc) is 2.53. The molecule has 25 heavy (non-hydrogen) atoms. The van der Waals surface area contributed by atoms with E-state index in [4.69, 9.17) is 0 Å². The van der Waals surface area contributed by atoms with Gasteiger partial charge in [0, 0.05) is 5.71 Å². The van der Waals surface area contributed by atoms with E-state index in [9.17, 15) is 28.0 Å². The Morgan fingerprint density at radius 3 is 2.68 bits per heavy atom. The number of rotatable bonds is 2. The molecule has 9 heteroatoms. The van der Waals surface area contributed by atoms with Gasteiger partial charge in [-0.15, -0.1) is 0 Å². The number of carbonyl (C=O) groups is 2. The number of hydrogen-bond acceptors (Lipinski definition) is 4. The zero-order valence-electron chi connectivity index (χ0n) is 13.4. The monoisotopic (exact) mass is 369 g/mol. The second kappa shape index (κ2) is 7.27. The summed E-state index contributed by atoms with van der Waals surface area (Å²) in [6.07, 6.45) is -4.58. The first-order chi connectivity index (χ1) is 11.7. The van der Waals surface area contributed by atoms with Crippen molar-refractivity contribution in [3.05, 3.63) is 35.4 Å². The number of hydrogen-bond donors (Lipinski definition) is 0. The fraction of sp³-hybridized carbons (Fsp3) is 0.375. The predicted octanol–water partition coefficient (Wildman–Crippen LogP) is 4.66. The maximum absolute atomic E-state index is 13.0. The Morgan fingerprint density at radius 2 is 2.12 bits per heavy atom. The molecule has 1 aliphatic heterocycles. The van der Waals surface area contributed by atoms with Crippen LogP contribution >= 0.6 is 11.8 Å². The number of nitrogens with zero attached hydrogens (tertiary/aromatic N) is 3. The normalized spacial score (nSPS) is 20.9. The van der Waals surface area contributed by atoms with Crippen LogP contribution in [0.15, 0.2) is 29.3 Å². The number of aliphatic imine (C=N–C) groups is 1. The third-order valence-corrected chi connectivity index (χ3v) is 4.41. The topological polar surface area (TPSA) is 73.5 Å². The first kappa shape index (κ1) is 19.0. The Kier molecular flexibility index (Phi) is 5.52. The summed E-state index contributed by atoms with van der Waals surface area (Å²) in [5.74, 6) is -0.639. The van der Waals surface area contributed by atoms with Crippen LogP contribution in [0, 0.1) is 17.2 Å². The van der Waals surface area contributed by atoms with Crippen LogP contribution in [0.3, 0.4) is 0 Å². The van der Waals surface area contributed by atoms with E-state index in [0.717, 1.165) is 28.8 Å². The lowest BCUT2D eigenvalue weighted by atomic mass is 9.87. The van der Waals surface area contributed by atoms with Gasteiger partial charge < -0.3 is 0 Å². The van der Waals surface area contributed by atoms with Gasteiger partial charge in [0.15, 0.2) is 0 Å². The molecule has 1 heterocycles. The molecule has 132 valence electrons. The number of thioether (sulfide) groups is 1. The number of carbonyl (C=O) groups excluding carboxylic acids is 2. The molecule has 0 bridgehead atoms. The lowest BCUT2D eigenvalue weighted by Gasteiger charge is -2.35. The molecule has 0 aliphatic carbocycles. The van der Waals surface area contributed by atoms with Gasteiger partial charge in [0.2, 0.25) is 0 Å². The summed E-state index contributed by atoms with van der Waals surface area (Å²) in [7, 11) is 0. The van der Waals surface area contributed by atoms with Crippen LogP contribution in [0.25, 0.3) is 0 Å². The molecule has 2 atom stereocenters. The highest BCUT2D eigenvalue weighted by Crippen LogP contribution is 2.38. The summed E-state index contributed by atoms with van der Waals surface area (Å²) in [4.78, 5) is 29.0. The molecule has 0 N–H and O–H groups in total. The summed E-state index contributed by atoms with van der Waals surface area (Å²) < 4.78 is 39.0.